The molecular weight excluding hydrogens is 490 g/mol. The summed E-state index contributed by atoms with van der Waals surface area (Å²) < 4.78 is 8.49. The van der Waals surface area contributed by atoms with Crippen LogP contribution in [0.1, 0.15) is 10.7 Å². The fraction of sp³-hybridized carbons (Fsp3) is 0.0435. The van der Waals surface area contributed by atoms with Gasteiger partial charge in [-0.2, -0.15) is 5.26 Å². The van der Waals surface area contributed by atoms with Crippen LogP contribution >= 0.6 is 27.3 Å². The van der Waals surface area contributed by atoms with Crippen LogP contribution in [0.5, 0.6) is 5.75 Å². The fourth-order valence-corrected chi connectivity index (χ4v) is 3.75. The highest BCUT2D eigenvalue weighted by atomic mass is 79.9. The van der Waals surface area contributed by atoms with Crippen molar-refractivity contribution in [2.45, 2.75) is 6.61 Å². The predicted octanol–water partition coefficient (Wildman–Crippen LogP) is 5.22. The number of benzene rings is 2. The van der Waals surface area contributed by atoms with Gasteiger partial charge in [0.15, 0.2) is 5.01 Å². The highest BCUT2D eigenvalue weighted by molar-refractivity contribution is 9.10. The Balaban J connectivity index is 1.45. The van der Waals surface area contributed by atoms with Gasteiger partial charge in [0.05, 0.1) is 0 Å². The third-order valence-corrected chi connectivity index (χ3v) is 5.68. The fourth-order valence-electron chi connectivity index (χ4n) is 2.83. The van der Waals surface area contributed by atoms with Crippen molar-refractivity contribution >= 4 is 44.4 Å². The Kier molecular flexibility index (Phi) is 6.75. The van der Waals surface area contributed by atoms with E-state index in [1.54, 1.807) is 0 Å². The number of aromatic nitrogens is 3. The van der Waals surface area contributed by atoms with Gasteiger partial charge < -0.3 is 9.30 Å². The number of carbonyl (C=O) groups is 1. The molecule has 4 aromatic rings. The number of amides is 1. The Morgan fingerprint density at radius 2 is 1.91 bits per heavy atom. The number of para-hydroxylation sites is 1. The highest BCUT2D eigenvalue weighted by Crippen LogP contribution is 2.21. The van der Waals surface area contributed by atoms with Gasteiger partial charge in [0, 0.05) is 22.1 Å². The van der Waals surface area contributed by atoms with Crippen LogP contribution in [0.25, 0.3) is 11.8 Å². The largest absolute Gasteiger partial charge is 0.486 e. The summed E-state index contributed by atoms with van der Waals surface area (Å²) in [7, 11) is 0. The van der Waals surface area contributed by atoms with Gasteiger partial charge >= 0.3 is 0 Å². The van der Waals surface area contributed by atoms with Crippen LogP contribution in [0, 0.1) is 11.3 Å². The number of anilines is 1. The summed E-state index contributed by atoms with van der Waals surface area (Å²) in [6.07, 6.45) is 3.41. The quantitative estimate of drug-likeness (QED) is 0.274. The van der Waals surface area contributed by atoms with Gasteiger partial charge in [-0.15, -0.1) is 10.2 Å². The zero-order valence-corrected chi connectivity index (χ0v) is 19.0. The Morgan fingerprint density at radius 1 is 1.12 bits per heavy atom. The highest BCUT2D eigenvalue weighted by Gasteiger charge is 2.14. The molecule has 0 aliphatic heterocycles. The number of halogens is 1. The lowest BCUT2D eigenvalue weighted by Gasteiger charge is -2.07. The van der Waals surface area contributed by atoms with Gasteiger partial charge in [0.25, 0.3) is 5.91 Å². The first-order valence-electron chi connectivity index (χ1n) is 9.49. The molecule has 0 bridgehead atoms. The van der Waals surface area contributed by atoms with E-state index in [2.05, 4.69) is 31.4 Å². The smallest absolute Gasteiger partial charge is 0.268 e. The molecule has 0 aliphatic carbocycles. The molecule has 2 aromatic carbocycles. The number of hydrogen-bond donors (Lipinski definition) is 1. The molecule has 0 atom stereocenters. The number of hydrogen-bond acceptors (Lipinski definition) is 6. The molecule has 0 fully saturated rings. The SMILES string of the molecule is N#CC(=Cc1cccn1-c1ccc(Br)cc1)C(=O)Nc1nnc(COc2ccccc2)s1. The van der Waals surface area contributed by atoms with Crippen LogP contribution in [-0.4, -0.2) is 20.7 Å². The maximum atomic E-state index is 12.6. The second-order valence-corrected chi connectivity index (χ2v) is 8.48. The molecule has 2 heterocycles. The molecule has 2 aromatic heterocycles. The monoisotopic (exact) mass is 505 g/mol. The van der Waals surface area contributed by atoms with Crippen molar-refractivity contribution in [3.8, 4) is 17.5 Å². The minimum atomic E-state index is -0.553. The van der Waals surface area contributed by atoms with E-state index in [0.717, 1.165) is 15.9 Å². The first-order valence-corrected chi connectivity index (χ1v) is 11.1. The molecule has 0 saturated heterocycles. The summed E-state index contributed by atoms with van der Waals surface area (Å²) in [6.45, 7) is 0.235. The van der Waals surface area contributed by atoms with Crippen molar-refractivity contribution in [1.29, 1.82) is 5.26 Å². The van der Waals surface area contributed by atoms with Crippen molar-refractivity contribution in [2.75, 3.05) is 5.32 Å². The molecule has 4 rings (SSSR count). The summed E-state index contributed by atoms with van der Waals surface area (Å²) in [5, 5.41) is 21.1. The molecule has 1 amide bonds. The summed E-state index contributed by atoms with van der Waals surface area (Å²) in [5.74, 6) is 0.166. The molecule has 0 radical (unpaired) electrons. The van der Waals surface area contributed by atoms with Gasteiger partial charge in [-0.3, -0.25) is 10.1 Å². The van der Waals surface area contributed by atoms with Crippen LogP contribution in [0.4, 0.5) is 5.13 Å². The summed E-state index contributed by atoms with van der Waals surface area (Å²) >= 11 is 4.61. The van der Waals surface area contributed by atoms with E-state index < -0.39 is 5.91 Å². The van der Waals surface area contributed by atoms with E-state index in [9.17, 15) is 10.1 Å². The Labute approximate surface area is 196 Å². The van der Waals surface area contributed by atoms with E-state index >= 15 is 0 Å². The zero-order valence-electron chi connectivity index (χ0n) is 16.6. The number of nitrogens with one attached hydrogen (secondary N) is 1. The summed E-state index contributed by atoms with van der Waals surface area (Å²) in [6, 6.07) is 22.7. The molecule has 7 nitrogen and oxygen atoms in total. The predicted molar refractivity (Wildman–Crippen MR) is 126 cm³/mol. The van der Waals surface area contributed by atoms with Crippen molar-refractivity contribution in [3.63, 3.8) is 0 Å². The van der Waals surface area contributed by atoms with E-state index in [1.165, 1.54) is 17.4 Å². The molecule has 0 saturated carbocycles. The van der Waals surface area contributed by atoms with E-state index in [-0.39, 0.29) is 12.2 Å². The maximum absolute atomic E-state index is 12.6. The lowest BCUT2D eigenvalue weighted by atomic mass is 10.2. The van der Waals surface area contributed by atoms with E-state index in [1.807, 2.05) is 83.6 Å². The minimum absolute atomic E-state index is 0.0423. The van der Waals surface area contributed by atoms with E-state index in [4.69, 9.17) is 4.74 Å². The standard InChI is InChI=1S/C23H16BrN5O2S/c24-17-8-10-18(11-9-17)29-12-4-5-19(29)13-16(14-25)22(30)26-23-28-27-21(32-23)15-31-20-6-2-1-3-7-20/h1-13H,15H2,(H,26,28,30). The zero-order chi connectivity index (χ0) is 22.3. The number of nitrogens with zero attached hydrogens (tertiary/aromatic N) is 4. The molecule has 0 aliphatic rings. The number of carbonyl (C=O) groups excluding carboxylic acids is 1. The first-order chi connectivity index (χ1) is 15.6. The van der Waals surface area contributed by atoms with Crippen LogP contribution in [-0.2, 0) is 11.4 Å². The topological polar surface area (TPSA) is 92.8 Å². The third kappa shape index (κ3) is 5.29. The van der Waals surface area contributed by atoms with Gasteiger partial charge in [-0.25, -0.2) is 0 Å². The molecule has 158 valence electrons. The maximum Gasteiger partial charge on any atom is 0.268 e. The van der Waals surface area contributed by atoms with Gasteiger partial charge in [0.1, 0.15) is 24.0 Å². The summed E-state index contributed by atoms with van der Waals surface area (Å²) in [5.41, 5.74) is 1.57. The molecular formula is C23H16BrN5O2S. The lowest BCUT2D eigenvalue weighted by Crippen LogP contribution is -2.13. The van der Waals surface area contributed by atoms with Gasteiger partial charge in [-0.1, -0.05) is 45.5 Å². The second-order valence-electron chi connectivity index (χ2n) is 6.51. The van der Waals surface area contributed by atoms with Gasteiger partial charge in [0.2, 0.25) is 5.13 Å². The molecule has 0 unspecified atom stereocenters. The average molecular weight is 506 g/mol. The van der Waals surface area contributed by atoms with E-state index in [0.29, 0.717) is 15.8 Å². The van der Waals surface area contributed by atoms with Crippen LogP contribution in [0.15, 0.2) is 83.0 Å². The summed E-state index contributed by atoms with van der Waals surface area (Å²) in [4.78, 5) is 12.6. The number of ether oxygens (including phenoxy) is 1. The van der Waals surface area contributed by atoms with Crippen molar-refractivity contribution in [2.24, 2.45) is 0 Å². The average Bonchev–Trinajstić information content (AvgIpc) is 3.46. The lowest BCUT2D eigenvalue weighted by molar-refractivity contribution is -0.112. The normalized spacial score (nSPS) is 11.1. The first kappa shape index (κ1) is 21.5. The van der Waals surface area contributed by atoms with Crippen molar-refractivity contribution in [3.05, 3.63) is 93.7 Å². The third-order valence-electron chi connectivity index (χ3n) is 4.34. The number of nitriles is 1. The number of rotatable bonds is 7. The van der Waals surface area contributed by atoms with Crippen molar-refractivity contribution in [1.82, 2.24) is 14.8 Å². The molecule has 32 heavy (non-hydrogen) atoms. The van der Waals surface area contributed by atoms with Crippen LogP contribution in [0.2, 0.25) is 0 Å². The second kappa shape index (κ2) is 10.0. The Bertz CT molecular complexity index is 1290. The van der Waals surface area contributed by atoms with Crippen LogP contribution in [0.3, 0.4) is 0 Å². The Hall–Kier alpha value is -3.74. The Morgan fingerprint density at radius 3 is 2.66 bits per heavy atom. The minimum Gasteiger partial charge on any atom is -0.486 e. The molecule has 0 spiro atoms. The van der Waals surface area contributed by atoms with Gasteiger partial charge in [-0.05, 0) is 54.6 Å². The molecule has 1 N–H and O–H groups in total. The molecule has 9 heteroatoms. The van der Waals surface area contributed by atoms with Crippen molar-refractivity contribution < 1.29 is 9.53 Å². The van der Waals surface area contributed by atoms with Crippen LogP contribution < -0.4 is 10.1 Å².